The lowest BCUT2D eigenvalue weighted by atomic mass is 9.93. The fourth-order valence-corrected chi connectivity index (χ4v) is 7.96. The van der Waals surface area contributed by atoms with Crippen LogP contribution in [0.5, 0.6) is 0 Å². The van der Waals surface area contributed by atoms with Gasteiger partial charge in [0.1, 0.15) is 0 Å². The van der Waals surface area contributed by atoms with E-state index in [1.165, 1.54) is 64.0 Å². The van der Waals surface area contributed by atoms with Gasteiger partial charge in [0.2, 0.25) is 0 Å². The first kappa shape index (κ1) is 26.7. The molecule has 9 rings (SSSR count). The van der Waals surface area contributed by atoms with Crippen molar-refractivity contribution in [3.63, 3.8) is 0 Å². The summed E-state index contributed by atoms with van der Waals surface area (Å²) in [5, 5.41) is 7.53. The maximum atomic E-state index is 2.45. The number of rotatable bonds is 5. The monoisotopic (exact) mass is 603 g/mol. The van der Waals surface area contributed by atoms with E-state index in [1.807, 2.05) is 11.3 Å². The molecule has 8 aromatic carbocycles. The molecule has 1 nitrogen and oxygen atoms in total. The Morgan fingerprint density at radius 2 is 0.957 bits per heavy atom. The van der Waals surface area contributed by atoms with E-state index in [4.69, 9.17) is 0 Å². The van der Waals surface area contributed by atoms with Gasteiger partial charge >= 0.3 is 0 Å². The second-order valence-electron chi connectivity index (χ2n) is 11.7. The summed E-state index contributed by atoms with van der Waals surface area (Å²) in [7, 11) is 0. The summed E-state index contributed by atoms with van der Waals surface area (Å²) in [5.74, 6) is 0. The normalized spacial score (nSPS) is 11.5. The third kappa shape index (κ3) is 4.46. The summed E-state index contributed by atoms with van der Waals surface area (Å²) in [5.41, 5.74) is 8.30. The molecule has 0 fully saturated rings. The van der Waals surface area contributed by atoms with Gasteiger partial charge in [0.05, 0.1) is 11.4 Å². The van der Waals surface area contributed by atoms with E-state index >= 15 is 0 Å². The predicted molar refractivity (Wildman–Crippen MR) is 200 cm³/mol. The lowest BCUT2D eigenvalue weighted by Gasteiger charge is -2.30. The van der Waals surface area contributed by atoms with Crippen LogP contribution < -0.4 is 4.90 Å². The number of nitrogens with zero attached hydrogens (tertiary/aromatic N) is 1. The molecule has 216 valence electrons. The van der Waals surface area contributed by atoms with E-state index in [9.17, 15) is 0 Å². The van der Waals surface area contributed by atoms with Crippen LogP contribution in [0.15, 0.2) is 176 Å². The van der Waals surface area contributed by atoms with Gasteiger partial charge in [-0.15, -0.1) is 11.3 Å². The van der Waals surface area contributed by atoms with Crippen LogP contribution in [-0.2, 0) is 0 Å². The molecule has 0 bridgehead atoms. The first-order valence-corrected chi connectivity index (χ1v) is 16.5. The first-order valence-electron chi connectivity index (χ1n) is 15.7. The van der Waals surface area contributed by atoms with Crippen molar-refractivity contribution in [2.75, 3.05) is 4.90 Å². The van der Waals surface area contributed by atoms with Crippen molar-refractivity contribution in [1.29, 1.82) is 0 Å². The van der Waals surface area contributed by atoms with Crippen LogP contribution in [-0.4, -0.2) is 0 Å². The maximum Gasteiger partial charge on any atom is 0.0546 e. The zero-order valence-electron chi connectivity index (χ0n) is 25.1. The molecule has 9 aromatic rings. The molecule has 1 aromatic heterocycles. The van der Waals surface area contributed by atoms with Crippen LogP contribution in [0.3, 0.4) is 0 Å². The second kappa shape index (κ2) is 11.0. The molecule has 0 saturated carbocycles. The summed E-state index contributed by atoms with van der Waals surface area (Å²) in [6.45, 7) is 0. The Balaban J connectivity index is 1.33. The topological polar surface area (TPSA) is 3.24 Å². The summed E-state index contributed by atoms with van der Waals surface area (Å²) in [6.07, 6.45) is 0. The first-order chi connectivity index (χ1) is 22.8. The Morgan fingerprint density at radius 3 is 1.78 bits per heavy atom. The average Bonchev–Trinajstić information content (AvgIpc) is 3.50. The molecule has 0 aliphatic rings. The SMILES string of the molecule is c1ccc(-c2ccc(N(c3ccc4ccccc4c3-c3ccc4sc5ccccc5c4c3)c3cccc4ccccc34)cc2)cc1. The molecule has 0 N–H and O–H groups in total. The van der Waals surface area contributed by atoms with Gasteiger partial charge in [-0.25, -0.2) is 0 Å². The predicted octanol–water partition coefficient (Wildman–Crippen LogP) is 13.2. The van der Waals surface area contributed by atoms with Crippen LogP contribution in [0.2, 0.25) is 0 Å². The molecule has 46 heavy (non-hydrogen) atoms. The van der Waals surface area contributed by atoms with Crippen molar-refractivity contribution in [2.45, 2.75) is 0 Å². The number of fused-ring (bicyclic) bond motifs is 5. The molecule has 0 radical (unpaired) electrons. The third-order valence-corrected chi connectivity index (χ3v) is 10.2. The van der Waals surface area contributed by atoms with Gasteiger partial charge in [-0.2, -0.15) is 0 Å². The van der Waals surface area contributed by atoms with Crippen LogP contribution >= 0.6 is 11.3 Å². The number of hydrogen-bond acceptors (Lipinski definition) is 2. The Hall–Kier alpha value is -5.70. The maximum absolute atomic E-state index is 2.45. The highest BCUT2D eigenvalue weighted by molar-refractivity contribution is 7.25. The largest absolute Gasteiger partial charge is 0.309 e. The molecule has 2 heteroatoms. The fraction of sp³-hybridized carbons (Fsp3) is 0. The molecule has 0 spiro atoms. The number of anilines is 3. The summed E-state index contributed by atoms with van der Waals surface area (Å²) >= 11 is 1.86. The Bertz CT molecular complexity index is 2520. The molecule has 0 amide bonds. The van der Waals surface area contributed by atoms with Crippen molar-refractivity contribution >= 4 is 70.1 Å². The molecule has 0 atom stereocenters. The Labute approximate surface area is 272 Å². The average molecular weight is 604 g/mol. The minimum Gasteiger partial charge on any atom is -0.309 e. The summed E-state index contributed by atoms with van der Waals surface area (Å²) in [6, 6.07) is 64.0. The number of benzene rings is 8. The van der Waals surface area contributed by atoms with Gasteiger partial charge in [0.15, 0.2) is 0 Å². The highest BCUT2D eigenvalue weighted by Gasteiger charge is 2.21. The summed E-state index contributed by atoms with van der Waals surface area (Å²) < 4.78 is 2.64. The van der Waals surface area contributed by atoms with Gasteiger partial charge in [-0.1, -0.05) is 133 Å². The van der Waals surface area contributed by atoms with Crippen molar-refractivity contribution in [2.24, 2.45) is 0 Å². The Morgan fingerprint density at radius 1 is 0.348 bits per heavy atom. The van der Waals surface area contributed by atoms with Crippen LogP contribution in [0.25, 0.3) is 64.0 Å². The Kier molecular flexibility index (Phi) is 6.40. The molecule has 0 aliphatic carbocycles. The lowest BCUT2D eigenvalue weighted by molar-refractivity contribution is 1.30. The second-order valence-corrected chi connectivity index (χ2v) is 12.8. The molecule has 0 saturated heterocycles. The van der Waals surface area contributed by atoms with Crippen LogP contribution in [0.4, 0.5) is 17.1 Å². The minimum absolute atomic E-state index is 1.12. The molecule has 1 heterocycles. The van der Waals surface area contributed by atoms with E-state index in [1.54, 1.807) is 0 Å². The van der Waals surface area contributed by atoms with Gasteiger partial charge in [0, 0.05) is 36.8 Å². The van der Waals surface area contributed by atoms with Gasteiger partial charge < -0.3 is 4.90 Å². The quantitative estimate of drug-likeness (QED) is 0.189. The standard InChI is InChI=1S/C44H29NS/c1-2-11-30(12-3-1)31-21-25-35(26-22-31)45(40-19-10-15-32-13-4-6-16-36(32)40)41-27-23-33-14-5-7-17-37(33)44(41)34-24-28-43-39(29-34)38-18-8-9-20-42(38)46-43/h1-29H. The summed E-state index contributed by atoms with van der Waals surface area (Å²) in [4.78, 5) is 2.45. The molecular weight excluding hydrogens is 575 g/mol. The van der Waals surface area contributed by atoms with Crippen LogP contribution in [0.1, 0.15) is 0 Å². The van der Waals surface area contributed by atoms with E-state index in [0.29, 0.717) is 0 Å². The van der Waals surface area contributed by atoms with Crippen molar-refractivity contribution in [3.8, 4) is 22.3 Å². The fourth-order valence-electron chi connectivity index (χ4n) is 6.88. The van der Waals surface area contributed by atoms with E-state index in [0.717, 1.165) is 17.1 Å². The lowest BCUT2D eigenvalue weighted by Crippen LogP contribution is -2.12. The van der Waals surface area contributed by atoms with Crippen molar-refractivity contribution in [1.82, 2.24) is 0 Å². The van der Waals surface area contributed by atoms with Crippen molar-refractivity contribution in [3.05, 3.63) is 176 Å². The zero-order chi connectivity index (χ0) is 30.5. The van der Waals surface area contributed by atoms with Gasteiger partial charge in [-0.3, -0.25) is 0 Å². The number of hydrogen-bond donors (Lipinski definition) is 0. The van der Waals surface area contributed by atoms with E-state index < -0.39 is 0 Å². The highest BCUT2D eigenvalue weighted by atomic mass is 32.1. The smallest absolute Gasteiger partial charge is 0.0546 e. The third-order valence-electron chi connectivity index (χ3n) is 9.05. The van der Waals surface area contributed by atoms with E-state index in [-0.39, 0.29) is 0 Å². The molecule has 0 unspecified atom stereocenters. The number of thiophene rings is 1. The minimum atomic E-state index is 1.12. The van der Waals surface area contributed by atoms with Gasteiger partial charge in [-0.05, 0) is 75.3 Å². The van der Waals surface area contributed by atoms with Crippen molar-refractivity contribution < 1.29 is 0 Å². The highest BCUT2D eigenvalue weighted by Crippen LogP contribution is 2.47. The van der Waals surface area contributed by atoms with Crippen LogP contribution in [0, 0.1) is 0 Å². The van der Waals surface area contributed by atoms with Gasteiger partial charge in [0.25, 0.3) is 0 Å². The zero-order valence-corrected chi connectivity index (χ0v) is 25.9. The molecular formula is C44H29NS. The van der Waals surface area contributed by atoms with E-state index in [2.05, 4.69) is 181 Å². The molecule has 0 aliphatic heterocycles.